The molecule has 0 aromatic heterocycles. The fourth-order valence-electron chi connectivity index (χ4n) is 9.63. The van der Waals surface area contributed by atoms with E-state index in [-0.39, 0.29) is 55.8 Å². The van der Waals surface area contributed by atoms with Crippen molar-refractivity contribution in [3.8, 4) is 5.75 Å². The number of nitrogens with zero attached hydrogens (tertiary/aromatic N) is 3. The van der Waals surface area contributed by atoms with Gasteiger partial charge in [-0.2, -0.15) is 0 Å². The van der Waals surface area contributed by atoms with Crippen molar-refractivity contribution < 1.29 is 48.4 Å². The second kappa shape index (κ2) is 18.0. The van der Waals surface area contributed by atoms with E-state index < -0.39 is 37.5 Å². The number of rotatable bonds is 17. The van der Waals surface area contributed by atoms with Crippen LogP contribution in [0.15, 0.2) is 36.4 Å². The normalized spacial score (nSPS) is 25.7. The number of aliphatic hydroxyl groups excluding tert-OH is 2. The van der Waals surface area contributed by atoms with E-state index in [1.54, 1.807) is 14.7 Å². The van der Waals surface area contributed by atoms with Crippen LogP contribution >= 0.6 is 0 Å². The van der Waals surface area contributed by atoms with Gasteiger partial charge < -0.3 is 44.3 Å². The minimum Gasteiger partial charge on any atom is -0.494 e. The number of ether oxygens (including phenoxy) is 3. The highest BCUT2D eigenvalue weighted by molar-refractivity contribution is 6.71. The summed E-state index contributed by atoms with van der Waals surface area (Å²) in [6, 6.07) is 10.4. The van der Waals surface area contributed by atoms with Crippen LogP contribution in [0.5, 0.6) is 5.75 Å². The summed E-state index contributed by atoms with van der Waals surface area (Å²) in [5.74, 6) is -0.825. The van der Waals surface area contributed by atoms with E-state index in [1.807, 2.05) is 63.3 Å². The number of carbonyl (C=O) groups is 4. The van der Waals surface area contributed by atoms with E-state index in [1.165, 1.54) is 7.11 Å². The van der Waals surface area contributed by atoms with E-state index >= 15 is 4.79 Å². The van der Waals surface area contributed by atoms with Gasteiger partial charge >= 0.3 is 5.97 Å². The lowest BCUT2D eigenvalue weighted by atomic mass is 9.82. The molecule has 0 aliphatic carbocycles. The molecule has 6 rings (SSSR count). The highest BCUT2D eigenvalue weighted by atomic mass is 28.4. The number of hydrogen-bond donors (Lipinski definition) is 4. The number of nitrogens with one attached hydrogen (secondary N) is 1. The number of fused-ring (bicyclic) bond motifs is 3. The first-order chi connectivity index (χ1) is 27.3. The number of hydrogen-bond acceptors (Lipinski definition) is 11. The summed E-state index contributed by atoms with van der Waals surface area (Å²) in [7, 11) is -1.76. The van der Waals surface area contributed by atoms with E-state index in [0.717, 1.165) is 12.0 Å². The molecule has 2 aromatic carbocycles. The van der Waals surface area contributed by atoms with Crippen LogP contribution in [0.4, 0.5) is 17.1 Å². The number of unbranched alkanes of at least 4 members (excludes halogenated alkanes) is 2. The summed E-state index contributed by atoms with van der Waals surface area (Å²) in [5.41, 5.74) is 1.27. The van der Waals surface area contributed by atoms with Crippen molar-refractivity contribution in [1.29, 1.82) is 0 Å². The summed E-state index contributed by atoms with van der Waals surface area (Å²) < 4.78 is 17.7. The maximum absolute atomic E-state index is 15.1. The van der Waals surface area contributed by atoms with Crippen molar-refractivity contribution in [3.63, 3.8) is 0 Å². The summed E-state index contributed by atoms with van der Waals surface area (Å²) in [4.78, 5) is 72.4. The SMILES string of the molecule is CCOc1ccc2c(c1)CC(NCCCCO)C(=O)N2c1ccc2c(c1)[C@]1(O[C@@H](CC(=O)N3CCC[C@H]3CO)[C@H]([Si](C)(C)O)[C@H]1C)C(=O)N2CCCCC(=O)OC. The van der Waals surface area contributed by atoms with Crippen LogP contribution in [0, 0.1) is 5.92 Å². The fourth-order valence-corrected chi connectivity index (χ4v) is 12.2. The molecule has 0 radical (unpaired) electrons. The molecule has 4 N–H and O–H groups in total. The summed E-state index contributed by atoms with van der Waals surface area (Å²) >= 11 is 0. The van der Waals surface area contributed by atoms with Crippen molar-refractivity contribution in [2.24, 2.45) is 5.92 Å². The predicted octanol–water partition coefficient (Wildman–Crippen LogP) is 3.90. The van der Waals surface area contributed by atoms with Crippen molar-refractivity contribution >= 4 is 49.1 Å². The molecule has 6 atom stereocenters. The van der Waals surface area contributed by atoms with Crippen molar-refractivity contribution in [1.82, 2.24) is 10.2 Å². The van der Waals surface area contributed by atoms with Gasteiger partial charge in [0, 0.05) is 48.8 Å². The van der Waals surface area contributed by atoms with Gasteiger partial charge in [0.05, 0.1) is 56.3 Å². The van der Waals surface area contributed by atoms with E-state index in [9.17, 15) is 29.4 Å². The number of likely N-dealkylation sites (tertiary alicyclic amines) is 1. The van der Waals surface area contributed by atoms with Crippen LogP contribution in [-0.4, -0.2) is 117 Å². The molecular formula is C42H60N4O10Si. The molecule has 1 unspecified atom stereocenters. The van der Waals surface area contributed by atoms with Gasteiger partial charge in [0.1, 0.15) is 5.75 Å². The van der Waals surface area contributed by atoms with Gasteiger partial charge in [-0.1, -0.05) is 6.92 Å². The average molecular weight is 809 g/mol. The van der Waals surface area contributed by atoms with Crippen LogP contribution in [-0.2, 0) is 40.7 Å². The molecule has 2 fully saturated rings. The van der Waals surface area contributed by atoms with Gasteiger partial charge in [-0.25, -0.2) is 0 Å². The molecule has 2 saturated heterocycles. The number of anilines is 3. The van der Waals surface area contributed by atoms with E-state index in [2.05, 4.69) is 5.32 Å². The number of esters is 1. The zero-order valence-electron chi connectivity index (χ0n) is 34.0. The Hall–Kier alpha value is -3.86. The van der Waals surface area contributed by atoms with Crippen LogP contribution in [0.2, 0.25) is 18.6 Å². The standard InChI is InChI=1S/C42H60N4O10Si/c1-6-55-31-15-17-34-28(22-31)23-33(43-18-8-10-21-47)40(51)46(34)29-14-16-35-32(24-29)42(41(52)45(35)19-9-7-13-38(50)54-3)27(2)39(57(4,5)53)36(56-42)25-37(49)44-20-11-12-30(44)26-48/h14-17,22,24,27,30,33,36,39,43,47-48,53H,6-13,18-21,23,25-26H2,1-5H3/t27-,30+,33?,36+,39-,42+/m1/s1. The minimum atomic E-state index is -3.11. The lowest BCUT2D eigenvalue weighted by molar-refractivity contribution is -0.150. The van der Waals surface area contributed by atoms with Gasteiger partial charge in [0.15, 0.2) is 13.9 Å². The van der Waals surface area contributed by atoms with Crippen molar-refractivity contribution in [2.45, 2.75) is 114 Å². The molecule has 1 spiro atoms. The monoisotopic (exact) mass is 808 g/mol. The largest absolute Gasteiger partial charge is 0.494 e. The predicted molar refractivity (Wildman–Crippen MR) is 217 cm³/mol. The minimum absolute atomic E-state index is 0.0462. The first-order valence-electron chi connectivity index (χ1n) is 20.6. The number of methoxy groups -OCH3 is 1. The first-order valence-corrected chi connectivity index (χ1v) is 23.6. The van der Waals surface area contributed by atoms with Gasteiger partial charge in [-0.05, 0) is 113 Å². The van der Waals surface area contributed by atoms with Gasteiger partial charge in [0.25, 0.3) is 5.91 Å². The third-order valence-corrected chi connectivity index (χ3v) is 14.8. The van der Waals surface area contributed by atoms with Gasteiger partial charge in [-0.3, -0.25) is 24.1 Å². The smallest absolute Gasteiger partial charge is 0.305 e. The molecule has 2 aromatic rings. The molecule has 0 saturated carbocycles. The maximum atomic E-state index is 15.1. The summed E-state index contributed by atoms with van der Waals surface area (Å²) in [5, 5.41) is 22.7. The first kappa shape index (κ1) is 42.7. The van der Waals surface area contributed by atoms with E-state index in [0.29, 0.717) is 93.1 Å². The maximum Gasteiger partial charge on any atom is 0.305 e. The number of benzene rings is 2. The van der Waals surface area contributed by atoms with Crippen molar-refractivity contribution in [2.75, 3.05) is 56.4 Å². The Labute approximate surface area is 336 Å². The Kier molecular flexibility index (Phi) is 13.5. The molecule has 0 bridgehead atoms. The molecule has 57 heavy (non-hydrogen) atoms. The molecule has 14 nitrogen and oxygen atoms in total. The molecule has 4 heterocycles. The van der Waals surface area contributed by atoms with Crippen molar-refractivity contribution in [3.05, 3.63) is 47.5 Å². The van der Waals surface area contributed by atoms with Gasteiger partial charge in [0.2, 0.25) is 11.8 Å². The summed E-state index contributed by atoms with van der Waals surface area (Å²) in [6.07, 6.45) is 3.66. The number of carbonyl (C=O) groups excluding carboxylic acids is 4. The Morgan fingerprint density at radius 1 is 1.05 bits per heavy atom. The molecule has 4 aliphatic heterocycles. The van der Waals surface area contributed by atoms with Crippen LogP contribution < -0.4 is 19.9 Å². The lowest BCUT2D eigenvalue weighted by Crippen LogP contribution is -2.49. The molecule has 3 amide bonds. The quantitative estimate of drug-likeness (QED) is 0.104. The van der Waals surface area contributed by atoms with Gasteiger partial charge in [-0.15, -0.1) is 0 Å². The lowest BCUT2D eigenvalue weighted by Gasteiger charge is -2.36. The highest BCUT2D eigenvalue weighted by Crippen LogP contribution is 2.60. The van der Waals surface area contributed by atoms with Crippen LogP contribution in [0.25, 0.3) is 0 Å². The number of aliphatic hydroxyl groups is 2. The highest BCUT2D eigenvalue weighted by Gasteiger charge is 2.66. The fraction of sp³-hybridized carbons (Fsp3) is 0.619. The zero-order valence-corrected chi connectivity index (χ0v) is 35.0. The molecule has 15 heteroatoms. The number of amides is 3. The third-order valence-electron chi connectivity index (χ3n) is 12.3. The topological polar surface area (TPSA) is 178 Å². The second-order valence-corrected chi connectivity index (χ2v) is 20.3. The van der Waals surface area contributed by atoms with Crippen LogP contribution in [0.3, 0.4) is 0 Å². The Morgan fingerprint density at radius 3 is 2.53 bits per heavy atom. The second-order valence-electron chi connectivity index (χ2n) is 16.4. The summed E-state index contributed by atoms with van der Waals surface area (Å²) in [6.45, 7) is 9.26. The van der Waals surface area contributed by atoms with E-state index in [4.69, 9.17) is 14.2 Å². The molecular weight excluding hydrogens is 749 g/mol. The van der Waals surface area contributed by atoms with Crippen LogP contribution in [0.1, 0.15) is 76.3 Å². The molecule has 4 aliphatic rings. The molecule has 312 valence electrons. The Morgan fingerprint density at radius 2 is 1.82 bits per heavy atom. The third kappa shape index (κ3) is 8.37. The Balaban J connectivity index is 1.43. The zero-order chi connectivity index (χ0) is 41.1. The Bertz CT molecular complexity index is 1800. The average Bonchev–Trinajstić information content (AvgIpc) is 3.85.